The lowest BCUT2D eigenvalue weighted by Gasteiger charge is -2.20. The fourth-order valence-corrected chi connectivity index (χ4v) is 3.80. The Balaban J connectivity index is 1.31. The summed E-state index contributed by atoms with van der Waals surface area (Å²) in [4.78, 5) is 37.7. The molecule has 0 bridgehead atoms. The standard InChI is InChI=1S/C26H24FN3O6/c27-18-6-10-21(11-7-18)36-22-12-8-19(9-13-22)28-24(31)23-14-20(15-30(23)26(33)34)29-25(32)35-16-17-4-2-1-3-5-17/h1-13,20,23H,14-16H2,(H,28,31)(H,29,32)(H,33,34). The number of nitrogens with zero attached hydrogens (tertiary/aromatic N) is 1. The van der Waals surface area contributed by atoms with Crippen molar-refractivity contribution >= 4 is 23.8 Å². The fourth-order valence-electron chi connectivity index (χ4n) is 3.80. The number of nitrogens with one attached hydrogen (secondary N) is 2. The van der Waals surface area contributed by atoms with E-state index in [2.05, 4.69) is 10.6 Å². The van der Waals surface area contributed by atoms with Crippen molar-refractivity contribution in [2.45, 2.75) is 25.1 Å². The number of carboxylic acid groups (broad SMARTS) is 1. The molecule has 3 amide bonds. The van der Waals surface area contributed by atoms with Crippen LogP contribution in [0.2, 0.25) is 0 Å². The minimum Gasteiger partial charge on any atom is -0.465 e. The predicted molar refractivity (Wildman–Crippen MR) is 128 cm³/mol. The zero-order valence-corrected chi connectivity index (χ0v) is 19.1. The molecular formula is C26H24FN3O6. The highest BCUT2D eigenvalue weighted by atomic mass is 19.1. The molecule has 3 aromatic rings. The van der Waals surface area contributed by atoms with E-state index in [4.69, 9.17) is 9.47 Å². The normalized spacial score (nSPS) is 16.8. The second kappa shape index (κ2) is 11.2. The molecule has 9 nitrogen and oxygen atoms in total. The minimum atomic E-state index is -1.26. The Morgan fingerprint density at radius 2 is 1.58 bits per heavy atom. The Hall–Kier alpha value is -4.60. The number of rotatable bonds is 7. The fraction of sp³-hybridized carbons (Fsp3) is 0.192. The first-order chi connectivity index (χ1) is 17.4. The molecule has 1 heterocycles. The van der Waals surface area contributed by atoms with Crippen molar-refractivity contribution < 1.29 is 33.4 Å². The molecule has 1 aliphatic rings. The summed E-state index contributed by atoms with van der Waals surface area (Å²) in [5.74, 6) is 0.0405. The number of carbonyl (C=O) groups is 3. The lowest BCUT2D eigenvalue weighted by Crippen LogP contribution is -2.42. The van der Waals surface area contributed by atoms with Gasteiger partial charge >= 0.3 is 12.2 Å². The van der Waals surface area contributed by atoms with Crippen molar-refractivity contribution in [1.29, 1.82) is 0 Å². The van der Waals surface area contributed by atoms with E-state index in [0.29, 0.717) is 17.2 Å². The number of hydrogen-bond donors (Lipinski definition) is 3. The van der Waals surface area contributed by atoms with Crippen molar-refractivity contribution in [3.05, 3.63) is 90.2 Å². The summed E-state index contributed by atoms with van der Waals surface area (Å²) < 4.78 is 23.8. The molecule has 10 heteroatoms. The van der Waals surface area contributed by atoms with Crippen LogP contribution in [0.5, 0.6) is 11.5 Å². The Morgan fingerprint density at radius 1 is 0.944 bits per heavy atom. The maximum atomic E-state index is 13.0. The second-order valence-electron chi connectivity index (χ2n) is 8.16. The van der Waals surface area contributed by atoms with Gasteiger partial charge in [0, 0.05) is 12.2 Å². The maximum absolute atomic E-state index is 13.0. The van der Waals surface area contributed by atoms with Crippen LogP contribution in [0.15, 0.2) is 78.9 Å². The second-order valence-corrected chi connectivity index (χ2v) is 8.16. The van der Waals surface area contributed by atoms with Gasteiger partial charge in [0.05, 0.1) is 6.04 Å². The molecule has 0 spiro atoms. The molecular weight excluding hydrogens is 469 g/mol. The number of halogens is 1. The quantitative estimate of drug-likeness (QED) is 0.443. The largest absolute Gasteiger partial charge is 0.465 e. The third kappa shape index (κ3) is 6.50. The first-order valence-corrected chi connectivity index (χ1v) is 11.2. The molecule has 1 aliphatic heterocycles. The van der Waals surface area contributed by atoms with E-state index >= 15 is 0 Å². The number of amides is 3. The average Bonchev–Trinajstić information content (AvgIpc) is 3.30. The van der Waals surface area contributed by atoms with Gasteiger partial charge in [-0.3, -0.25) is 9.69 Å². The molecule has 36 heavy (non-hydrogen) atoms. The van der Waals surface area contributed by atoms with Gasteiger partial charge in [-0.15, -0.1) is 0 Å². The summed E-state index contributed by atoms with van der Waals surface area (Å²) in [6, 6.07) is 19.6. The Kier molecular flexibility index (Phi) is 7.64. The highest BCUT2D eigenvalue weighted by molar-refractivity contribution is 5.97. The van der Waals surface area contributed by atoms with Crippen molar-refractivity contribution in [3.8, 4) is 11.5 Å². The number of ether oxygens (including phenoxy) is 2. The van der Waals surface area contributed by atoms with Gasteiger partial charge in [0.2, 0.25) is 5.91 Å². The molecule has 1 fully saturated rings. The topological polar surface area (TPSA) is 117 Å². The van der Waals surface area contributed by atoms with Crippen LogP contribution in [-0.4, -0.2) is 46.7 Å². The summed E-state index contributed by atoms with van der Waals surface area (Å²) in [6.45, 7) is 0.0329. The van der Waals surface area contributed by atoms with E-state index in [1.165, 1.54) is 24.3 Å². The molecule has 186 valence electrons. The lowest BCUT2D eigenvalue weighted by atomic mass is 10.1. The van der Waals surface area contributed by atoms with Crippen molar-refractivity contribution in [2.75, 3.05) is 11.9 Å². The summed E-state index contributed by atoms with van der Waals surface area (Å²) in [5, 5.41) is 14.9. The van der Waals surface area contributed by atoms with Gasteiger partial charge in [0.1, 0.15) is 30.0 Å². The first-order valence-electron chi connectivity index (χ1n) is 11.2. The average molecular weight is 493 g/mol. The number of carbonyl (C=O) groups excluding carboxylic acids is 2. The van der Waals surface area contributed by atoms with Crippen LogP contribution in [-0.2, 0) is 16.1 Å². The molecule has 0 radical (unpaired) electrons. The van der Waals surface area contributed by atoms with Gasteiger partial charge in [-0.25, -0.2) is 14.0 Å². The van der Waals surface area contributed by atoms with E-state index in [-0.39, 0.29) is 25.4 Å². The third-order valence-corrected chi connectivity index (χ3v) is 5.56. The van der Waals surface area contributed by atoms with Gasteiger partial charge in [0.15, 0.2) is 0 Å². The van der Waals surface area contributed by atoms with Crippen molar-refractivity contribution in [1.82, 2.24) is 10.2 Å². The lowest BCUT2D eigenvalue weighted by molar-refractivity contribution is -0.119. The van der Waals surface area contributed by atoms with Gasteiger partial charge < -0.3 is 25.2 Å². The Morgan fingerprint density at radius 3 is 2.22 bits per heavy atom. The van der Waals surface area contributed by atoms with Crippen molar-refractivity contribution in [3.63, 3.8) is 0 Å². The smallest absolute Gasteiger partial charge is 0.408 e. The zero-order valence-electron chi connectivity index (χ0n) is 19.1. The zero-order chi connectivity index (χ0) is 25.5. The van der Waals surface area contributed by atoms with Gasteiger partial charge in [-0.05, 0) is 60.5 Å². The highest BCUT2D eigenvalue weighted by Crippen LogP contribution is 2.25. The van der Waals surface area contributed by atoms with Gasteiger partial charge in [-0.2, -0.15) is 0 Å². The molecule has 0 aliphatic carbocycles. The number of hydrogen-bond acceptors (Lipinski definition) is 5. The minimum absolute atomic E-state index is 0.0433. The Labute approximate surface area is 206 Å². The van der Waals surface area contributed by atoms with Crippen LogP contribution in [0.4, 0.5) is 19.7 Å². The van der Waals surface area contributed by atoms with E-state index in [9.17, 15) is 23.9 Å². The molecule has 2 atom stereocenters. The number of likely N-dealkylation sites (tertiary alicyclic amines) is 1. The predicted octanol–water partition coefficient (Wildman–Crippen LogP) is 4.60. The SMILES string of the molecule is O=C(NC1CC(C(=O)Nc2ccc(Oc3ccc(F)cc3)cc2)N(C(=O)O)C1)OCc1ccccc1. The van der Waals surface area contributed by atoms with E-state index < -0.39 is 30.2 Å². The molecule has 3 aromatic carbocycles. The molecule has 2 unspecified atom stereocenters. The number of alkyl carbamates (subject to hydrolysis) is 1. The van der Waals surface area contributed by atoms with Crippen LogP contribution in [0.3, 0.4) is 0 Å². The van der Waals surface area contributed by atoms with Crippen molar-refractivity contribution in [2.24, 2.45) is 0 Å². The summed E-state index contributed by atoms with van der Waals surface area (Å²) in [7, 11) is 0. The molecule has 4 rings (SSSR count). The number of benzene rings is 3. The summed E-state index contributed by atoms with van der Waals surface area (Å²) in [6.07, 6.45) is -1.85. The van der Waals surface area contributed by atoms with Crippen LogP contribution in [0.1, 0.15) is 12.0 Å². The van der Waals surface area contributed by atoms with Crippen LogP contribution < -0.4 is 15.4 Å². The molecule has 0 saturated carbocycles. The molecule has 0 aromatic heterocycles. The highest BCUT2D eigenvalue weighted by Gasteiger charge is 2.40. The first kappa shape index (κ1) is 24.5. The van der Waals surface area contributed by atoms with Gasteiger partial charge in [0.25, 0.3) is 0 Å². The maximum Gasteiger partial charge on any atom is 0.408 e. The Bertz CT molecular complexity index is 1200. The van der Waals surface area contributed by atoms with E-state index in [1.807, 2.05) is 30.3 Å². The van der Waals surface area contributed by atoms with Gasteiger partial charge in [-0.1, -0.05) is 30.3 Å². The van der Waals surface area contributed by atoms with Crippen LogP contribution in [0, 0.1) is 5.82 Å². The summed E-state index contributed by atoms with van der Waals surface area (Å²) in [5.41, 5.74) is 1.26. The van der Waals surface area contributed by atoms with E-state index in [0.717, 1.165) is 10.5 Å². The summed E-state index contributed by atoms with van der Waals surface area (Å²) >= 11 is 0. The van der Waals surface area contributed by atoms with Crippen LogP contribution >= 0.6 is 0 Å². The monoisotopic (exact) mass is 493 g/mol. The molecule has 3 N–H and O–H groups in total. The van der Waals surface area contributed by atoms with E-state index in [1.54, 1.807) is 24.3 Å². The third-order valence-electron chi connectivity index (χ3n) is 5.56. The molecule has 1 saturated heterocycles. The van der Waals surface area contributed by atoms with Crippen LogP contribution in [0.25, 0.3) is 0 Å². The number of anilines is 1.